The minimum Gasteiger partial charge on any atom is -0.481 e. The molecule has 3 amide bonds. The number of nitrogens with one attached hydrogen (secondary N) is 2. The summed E-state index contributed by atoms with van der Waals surface area (Å²) < 4.78 is 7.38. The number of anilines is 1. The van der Waals surface area contributed by atoms with Crippen molar-refractivity contribution in [1.29, 1.82) is 5.26 Å². The number of benzene rings is 2. The summed E-state index contributed by atoms with van der Waals surface area (Å²) in [6.07, 6.45) is 0.649. The molecular weight excluding hydrogens is 410 g/mol. The molecule has 0 bridgehead atoms. The standard InChI is InChI=1S/C23H21N5O4/c1-13-5-3-7-17(16(13)11-24)25-20(30)12-32-18-8-4-6-14-21(27-28(2)22(14)18)15-9-10-19(29)26-23(15)31/h3-8,15H,9-10,12H2,1-2H3,(H,25,30)(H,26,29,31). The summed E-state index contributed by atoms with van der Waals surface area (Å²) in [7, 11) is 1.73. The molecular formula is C23H21N5O4. The van der Waals surface area contributed by atoms with Gasteiger partial charge in [0.25, 0.3) is 5.91 Å². The molecule has 1 fully saturated rings. The number of amides is 3. The summed E-state index contributed by atoms with van der Waals surface area (Å²) in [4.78, 5) is 36.3. The number of ether oxygens (including phenoxy) is 1. The van der Waals surface area contributed by atoms with Crippen molar-refractivity contribution in [1.82, 2.24) is 15.1 Å². The number of imide groups is 1. The van der Waals surface area contributed by atoms with Crippen molar-refractivity contribution >= 4 is 34.3 Å². The summed E-state index contributed by atoms with van der Waals surface area (Å²) in [6.45, 7) is 1.53. The zero-order valence-electron chi connectivity index (χ0n) is 17.6. The third-order valence-corrected chi connectivity index (χ3v) is 5.44. The van der Waals surface area contributed by atoms with Gasteiger partial charge in [0.05, 0.1) is 22.9 Å². The van der Waals surface area contributed by atoms with Crippen LogP contribution in [0.1, 0.15) is 35.6 Å². The van der Waals surface area contributed by atoms with E-state index >= 15 is 0 Å². The van der Waals surface area contributed by atoms with Crippen LogP contribution in [0.15, 0.2) is 36.4 Å². The zero-order valence-corrected chi connectivity index (χ0v) is 17.6. The number of piperidine rings is 1. The molecule has 1 aliphatic heterocycles. The molecule has 0 aliphatic carbocycles. The van der Waals surface area contributed by atoms with Crippen molar-refractivity contribution in [3.8, 4) is 11.8 Å². The van der Waals surface area contributed by atoms with E-state index in [1.165, 1.54) is 0 Å². The molecule has 1 atom stereocenters. The predicted molar refractivity (Wildman–Crippen MR) is 116 cm³/mol. The van der Waals surface area contributed by atoms with Gasteiger partial charge in [-0.2, -0.15) is 10.4 Å². The fourth-order valence-corrected chi connectivity index (χ4v) is 3.91. The Morgan fingerprint density at radius 3 is 2.84 bits per heavy atom. The Labute approximate surface area is 184 Å². The third kappa shape index (κ3) is 3.90. The van der Waals surface area contributed by atoms with Gasteiger partial charge in [0.1, 0.15) is 17.3 Å². The van der Waals surface area contributed by atoms with E-state index in [4.69, 9.17) is 4.74 Å². The van der Waals surface area contributed by atoms with Gasteiger partial charge in [-0.25, -0.2) is 0 Å². The van der Waals surface area contributed by atoms with Crippen LogP contribution in [0.25, 0.3) is 10.9 Å². The van der Waals surface area contributed by atoms with E-state index in [2.05, 4.69) is 21.8 Å². The highest BCUT2D eigenvalue weighted by atomic mass is 16.5. The molecule has 1 saturated heterocycles. The first kappa shape index (κ1) is 21.1. The second-order valence-corrected chi connectivity index (χ2v) is 7.61. The van der Waals surface area contributed by atoms with Crippen LogP contribution in [-0.2, 0) is 21.4 Å². The number of aryl methyl sites for hydroxylation is 2. The van der Waals surface area contributed by atoms with Gasteiger partial charge in [0, 0.05) is 18.9 Å². The highest BCUT2D eigenvalue weighted by Crippen LogP contribution is 2.34. The minimum absolute atomic E-state index is 0.258. The van der Waals surface area contributed by atoms with Crippen LogP contribution in [0.3, 0.4) is 0 Å². The zero-order chi connectivity index (χ0) is 22.8. The van der Waals surface area contributed by atoms with E-state index < -0.39 is 11.8 Å². The highest BCUT2D eigenvalue weighted by Gasteiger charge is 2.32. The summed E-state index contributed by atoms with van der Waals surface area (Å²) in [5, 5.41) is 19.6. The van der Waals surface area contributed by atoms with Crippen molar-refractivity contribution in [2.45, 2.75) is 25.7 Å². The summed E-state index contributed by atoms with van der Waals surface area (Å²) in [6, 6.07) is 12.6. The van der Waals surface area contributed by atoms with Crippen molar-refractivity contribution in [3.05, 3.63) is 53.2 Å². The summed E-state index contributed by atoms with van der Waals surface area (Å²) in [5.41, 5.74) is 2.82. The first-order valence-corrected chi connectivity index (χ1v) is 10.1. The molecule has 0 radical (unpaired) electrons. The number of hydrogen-bond donors (Lipinski definition) is 2. The first-order valence-electron chi connectivity index (χ1n) is 10.1. The Bertz CT molecular complexity index is 1290. The Kier molecular flexibility index (Phi) is 5.60. The smallest absolute Gasteiger partial charge is 0.262 e. The van der Waals surface area contributed by atoms with Crippen molar-refractivity contribution in [2.24, 2.45) is 7.05 Å². The second kappa shape index (κ2) is 8.51. The molecule has 0 spiro atoms. The minimum atomic E-state index is -0.527. The Morgan fingerprint density at radius 1 is 1.31 bits per heavy atom. The number of nitrogens with zero attached hydrogens (tertiary/aromatic N) is 3. The number of para-hydroxylation sites is 1. The van der Waals surface area contributed by atoms with Gasteiger partial charge in [-0.3, -0.25) is 24.4 Å². The second-order valence-electron chi connectivity index (χ2n) is 7.61. The van der Waals surface area contributed by atoms with Crippen LogP contribution in [0, 0.1) is 18.3 Å². The van der Waals surface area contributed by atoms with E-state index in [9.17, 15) is 19.6 Å². The fraction of sp³-hybridized carbons (Fsp3) is 0.261. The number of fused-ring (bicyclic) bond motifs is 1. The van der Waals surface area contributed by atoms with Crippen LogP contribution in [0.2, 0.25) is 0 Å². The van der Waals surface area contributed by atoms with Crippen molar-refractivity contribution < 1.29 is 19.1 Å². The lowest BCUT2D eigenvalue weighted by Gasteiger charge is -2.19. The monoisotopic (exact) mass is 431 g/mol. The molecule has 9 nitrogen and oxygen atoms in total. The number of rotatable bonds is 5. The summed E-state index contributed by atoms with van der Waals surface area (Å²) >= 11 is 0. The number of aromatic nitrogens is 2. The lowest BCUT2D eigenvalue weighted by atomic mass is 9.93. The van der Waals surface area contributed by atoms with E-state index in [1.807, 2.05) is 6.07 Å². The molecule has 4 rings (SSSR count). The maximum Gasteiger partial charge on any atom is 0.262 e. The van der Waals surface area contributed by atoms with Crippen molar-refractivity contribution in [2.75, 3.05) is 11.9 Å². The SMILES string of the molecule is Cc1cccc(NC(=O)COc2cccc3c(C4CCC(=O)NC4=O)nn(C)c23)c1C#N. The molecule has 9 heteroatoms. The van der Waals surface area contributed by atoms with Crippen LogP contribution < -0.4 is 15.4 Å². The van der Waals surface area contributed by atoms with Gasteiger partial charge in [0.15, 0.2) is 6.61 Å². The Balaban J connectivity index is 1.55. The van der Waals surface area contributed by atoms with Crippen molar-refractivity contribution in [3.63, 3.8) is 0 Å². The molecule has 1 aliphatic rings. The van der Waals surface area contributed by atoms with Gasteiger partial charge in [-0.15, -0.1) is 0 Å². The molecule has 32 heavy (non-hydrogen) atoms. The van der Waals surface area contributed by atoms with Gasteiger partial charge in [-0.1, -0.05) is 24.3 Å². The lowest BCUT2D eigenvalue weighted by molar-refractivity contribution is -0.134. The van der Waals surface area contributed by atoms with Crippen LogP contribution in [0.5, 0.6) is 5.75 Å². The van der Waals surface area contributed by atoms with E-state index in [1.54, 1.807) is 49.0 Å². The highest BCUT2D eigenvalue weighted by molar-refractivity contribution is 6.03. The molecule has 2 aromatic carbocycles. The van der Waals surface area contributed by atoms with E-state index in [0.29, 0.717) is 34.6 Å². The molecule has 1 aromatic heterocycles. The first-order chi connectivity index (χ1) is 15.4. The fourth-order valence-electron chi connectivity index (χ4n) is 3.91. The lowest BCUT2D eigenvalue weighted by Crippen LogP contribution is -2.39. The maximum absolute atomic E-state index is 12.5. The van der Waals surface area contributed by atoms with Gasteiger partial charge in [-0.05, 0) is 31.0 Å². The third-order valence-electron chi connectivity index (χ3n) is 5.44. The average Bonchev–Trinajstić information content (AvgIpc) is 3.09. The predicted octanol–water partition coefficient (Wildman–Crippen LogP) is 2.29. The normalized spacial score (nSPS) is 15.8. The number of hydrogen-bond acceptors (Lipinski definition) is 6. The molecule has 3 aromatic rings. The number of nitriles is 1. The van der Waals surface area contributed by atoms with E-state index in [-0.39, 0.29) is 24.8 Å². The Morgan fingerprint density at radius 2 is 2.09 bits per heavy atom. The molecule has 1 unspecified atom stereocenters. The number of carbonyl (C=O) groups excluding carboxylic acids is 3. The summed E-state index contributed by atoms with van der Waals surface area (Å²) in [5.74, 6) is -1.14. The van der Waals surface area contributed by atoms with Gasteiger partial charge < -0.3 is 10.1 Å². The average molecular weight is 431 g/mol. The Hall–Kier alpha value is -4.19. The van der Waals surface area contributed by atoms with Crippen LogP contribution >= 0.6 is 0 Å². The number of carbonyl (C=O) groups is 3. The molecule has 0 saturated carbocycles. The largest absolute Gasteiger partial charge is 0.481 e. The quantitative estimate of drug-likeness (QED) is 0.597. The van der Waals surface area contributed by atoms with Gasteiger partial charge >= 0.3 is 0 Å². The topological polar surface area (TPSA) is 126 Å². The molecule has 2 heterocycles. The molecule has 2 N–H and O–H groups in total. The van der Waals surface area contributed by atoms with Gasteiger partial charge in [0.2, 0.25) is 11.8 Å². The van der Waals surface area contributed by atoms with Crippen LogP contribution in [-0.4, -0.2) is 34.1 Å². The maximum atomic E-state index is 12.5. The van der Waals surface area contributed by atoms with E-state index in [0.717, 1.165) is 10.9 Å². The van der Waals surface area contributed by atoms with Crippen LogP contribution in [0.4, 0.5) is 5.69 Å². The molecule has 162 valence electrons.